The minimum Gasteiger partial charge on any atom is -0.321 e. The Balaban J connectivity index is 2.17. The standard InChI is InChI=1S/C16H15Cl2N3/c1-11(12-3-2-8-19-10-12)21-15-5-4-13(18)9-14(15)20-16(21)6-7-17/h2-5,8-11H,6-7H2,1H3. The molecule has 0 spiro atoms. The third-order valence-electron chi connectivity index (χ3n) is 3.60. The first-order valence-corrected chi connectivity index (χ1v) is 7.74. The minimum atomic E-state index is 0.142. The van der Waals surface area contributed by atoms with Crippen molar-refractivity contribution in [2.75, 3.05) is 5.88 Å². The van der Waals surface area contributed by atoms with Gasteiger partial charge >= 0.3 is 0 Å². The zero-order valence-electron chi connectivity index (χ0n) is 11.6. The van der Waals surface area contributed by atoms with E-state index in [0.717, 1.165) is 28.8 Å². The highest BCUT2D eigenvalue weighted by atomic mass is 35.5. The molecule has 1 aromatic carbocycles. The predicted molar refractivity (Wildman–Crippen MR) is 87.2 cm³/mol. The van der Waals surface area contributed by atoms with Crippen LogP contribution >= 0.6 is 23.2 Å². The van der Waals surface area contributed by atoms with Crippen molar-refractivity contribution in [3.05, 3.63) is 59.1 Å². The molecule has 3 rings (SSSR count). The Kier molecular flexibility index (Phi) is 4.13. The van der Waals surface area contributed by atoms with Crippen LogP contribution in [0.3, 0.4) is 0 Å². The summed E-state index contributed by atoms with van der Waals surface area (Å²) < 4.78 is 2.21. The van der Waals surface area contributed by atoms with Crippen molar-refractivity contribution >= 4 is 34.2 Å². The normalized spacial score (nSPS) is 12.7. The Morgan fingerprint density at radius 2 is 2.14 bits per heavy atom. The van der Waals surface area contributed by atoms with Crippen LogP contribution in [0.1, 0.15) is 24.4 Å². The summed E-state index contributed by atoms with van der Waals surface area (Å²) >= 11 is 12.0. The summed E-state index contributed by atoms with van der Waals surface area (Å²) in [5.74, 6) is 1.51. The highest BCUT2D eigenvalue weighted by molar-refractivity contribution is 6.31. The number of aromatic nitrogens is 3. The smallest absolute Gasteiger partial charge is 0.111 e. The van der Waals surface area contributed by atoms with E-state index in [-0.39, 0.29) is 6.04 Å². The molecule has 3 nitrogen and oxygen atoms in total. The monoisotopic (exact) mass is 319 g/mol. The number of benzene rings is 1. The lowest BCUT2D eigenvalue weighted by Crippen LogP contribution is -2.11. The van der Waals surface area contributed by atoms with Crippen molar-refractivity contribution in [3.8, 4) is 0 Å². The Hall–Kier alpha value is -1.58. The molecule has 108 valence electrons. The molecule has 1 atom stereocenters. The summed E-state index contributed by atoms with van der Waals surface area (Å²) in [6.45, 7) is 2.14. The van der Waals surface area contributed by atoms with Gasteiger partial charge in [-0.25, -0.2) is 4.98 Å². The van der Waals surface area contributed by atoms with Gasteiger partial charge in [0.25, 0.3) is 0 Å². The highest BCUT2D eigenvalue weighted by Gasteiger charge is 2.17. The average Bonchev–Trinajstić information content (AvgIpc) is 2.85. The van der Waals surface area contributed by atoms with Gasteiger partial charge in [0.15, 0.2) is 0 Å². The van der Waals surface area contributed by atoms with Crippen LogP contribution in [0.2, 0.25) is 5.02 Å². The van der Waals surface area contributed by atoms with Crippen LogP contribution < -0.4 is 0 Å². The number of hydrogen-bond donors (Lipinski definition) is 0. The van der Waals surface area contributed by atoms with Crippen molar-refractivity contribution in [1.29, 1.82) is 0 Å². The van der Waals surface area contributed by atoms with E-state index in [9.17, 15) is 0 Å². The van der Waals surface area contributed by atoms with E-state index in [1.807, 2.05) is 30.5 Å². The largest absolute Gasteiger partial charge is 0.321 e. The molecule has 2 heterocycles. The Labute approximate surface area is 133 Å². The summed E-state index contributed by atoms with van der Waals surface area (Å²) in [7, 11) is 0. The van der Waals surface area contributed by atoms with Crippen LogP contribution in [0, 0.1) is 0 Å². The Morgan fingerprint density at radius 1 is 1.29 bits per heavy atom. The van der Waals surface area contributed by atoms with Gasteiger partial charge in [-0.1, -0.05) is 17.7 Å². The molecule has 0 amide bonds. The molecule has 0 aliphatic carbocycles. The quantitative estimate of drug-likeness (QED) is 0.664. The third kappa shape index (κ3) is 2.76. The van der Waals surface area contributed by atoms with Crippen LogP contribution in [-0.2, 0) is 6.42 Å². The second-order valence-electron chi connectivity index (χ2n) is 4.93. The third-order valence-corrected chi connectivity index (χ3v) is 4.02. The summed E-state index contributed by atoms with van der Waals surface area (Å²) in [6.07, 6.45) is 4.39. The van der Waals surface area contributed by atoms with Crippen LogP contribution in [0.4, 0.5) is 0 Å². The number of imidazole rings is 1. The molecule has 0 aliphatic rings. The van der Waals surface area contributed by atoms with E-state index >= 15 is 0 Å². The highest BCUT2D eigenvalue weighted by Crippen LogP contribution is 2.27. The van der Waals surface area contributed by atoms with Crippen LogP contribution in [-0.4, -0.2) is 20.4 Å². The lowest BCUT2D eigenvalue weighted by Gasteiger charge is -2.17. The molecule has 21 heavy (non-hydrogen) atoms. The molecule has 0 N–H and O–H groups in total. The van der Waals surface area contributed by atoms with E-state index < -0.39 is 0 Å². The fraction of sp³-hybridized carbons (Fsp3) is 0.250. The first-order chi connectivity index (χ1) is 10.2. The van der Waals surface area contributed by atoms with E-state index in [4.69, 9.17) is 23.2 Å². The van der Waals surface area contributed by atoms with Gasteiger partial charge in [-0.15, -0.1) is 11.6 Å². The Morgan fingerprint density at radius 3 is 2.86 bits per heavy atom. The molecule has 1 unspecified atom stereocenters. The molecule has 5 heteroatoms. The van der Waals surface area contributed by atoms with Crippen molar-refractivity contribution in [2.45, 2.75) is 19.4 Å². The van der Waals surface area contributed by atoms with Gasteiger partial charge in [0.05, 0.1) is 17.1 Å². The van der Waals surface area contributed by atoms with Crippen LogP contribution in [0.15, 0.2) is 42.7 Å². The number of aryl methyl sites for hydroxylation is 1. The second-order valence-corrected chi connectivity index (χ2v) is 5.75. The number of halogens is 2. The SMILES string of the molecule is CC(c1cccnc1)n1c(CCCl)nc2cc(Cl)ccc21. The molecule has 3 aromatic rings. The number of nitrogens with zero attached hydrogens (tertiary/aromatic N) is 3. The first-order valence-electron chi connectivity index (χ1n) is 6.83. The number of fused-ring (bicyclic) bond motifs is 1. The van der Waals surface area contributed by atoms with Gasteiger partial charge in [0.2, 0.25) is 0 Å². The topological polar surface area (TPSA) is 30.7 Å². The molecule has 2 aromatic heterocycles. The van der Waals surface area contributed by atoms with Gasteiger partial charge in [0.1, 0.15) is 5.82 Å². The van der Waals surface area contributed by atoms with E-state index in [1.165, 1.54) is 0 Å². The molecule has 0 saturated heterocycles. The second kappa shape index (κ2) is 6.04. The fourth-order valence-electron chi connectivity index (χ4n) is 2.59. The molecule has 0 saturated carbocycles. The van der Waals surface area contributed by atoms with Crippen LogP contribution in [0.25, 0.3) is 11.0 Å². The summed E-state index contributed by atoms with van der Waals surface area (Å²) in [5.41, 5.74) is 3.11. The molecule has 0 radical (unpaired) electrons. The number of rotatable bonds is 4. The zero-order valence-corrected chi connectivity index (χ0v) is 13.1. The van der Waals surface area contributed by atoms with Crippen molar-refractivity contribution < 1.29 is 0 Å². The maximum Gasteiger partial charge on any atom is 0.111 e. The van der Waals surface area contributed by atoms with Gasteiger partial charge in [-0.3, -0.25) is 4.98 Å². The van der Waals surface area contributed by atoms with E-state index in [1.54, 1.807) is 6.20 Å². The zero-order chi connectivity index (χ0) is 14.8. The molecule has 0 fully saturated rings. The first kappa shape index (κ1) is 14.4. The molecular formula is C16H15Cl2N3. The number of hydrogen-bond acceptors (Lipinski definition) is 2. The molecule has 0 aliphatic heterocycles. The molecule has 0 bridgehead atoms. The van der Waals surface area contributed by atoms with E-state index in [2.05, 4.69) is 27.5 Å². The lowest BCUT2D eigenvalue weighted by atomic mass is 10.1. The summed E-state index contributed by atoms with van der Waals surface area (Å²) in [6, 6.07) is 9.95. The lowest BCUT2D eigenvalue weighted by molar-refractivity contribution is 0.621. The average molecular weight is 320 g/mol. The maximum atomic E-state index is 6.07. The van der Waals surface area contributed by atoms with Gasteiger partial charge < -0.3 is 4.57 Å². The molecular weight excluding hydrogens is 305 g/mol. The van der Waals surface area contributed by atoms with E-state index in [0.29, 0.717) is 10.9 Å². The number of pyridine rings is 1. The summed E-state index contributed by atoms with van der Waals surface area (Å²) in [5, 5.41) is 0.693. The van der Waals surface area contributed by atoms with Crippen LogP contribution in [0.5, 0.6) is 0 Å². The summed E-state index contributed by atoms with van der Waals surface area (Å²) in [4.78, 5) is 8.89. The van der Waals surface area contributed by atoms with Crippen molar-refractivity contribution in [3.63, 3.8) is 0 Å². The van der Waals surface area contributed by atoms with Gasteiger partial charge in [0, 0.05) is 29.7 Å². The Bertz CT molecular complexity index is 753. The van der Waals surface area contributed by atoms with Gasteiger partial charge in [-0.05, 0) is 36.8 Å². The maximum absolute atomic E-state index is 6.07. The van der Waals surface area contributed by atoms with Crippen molar-refractivity contribution in [1.82, 2.24) is 14.5 Å². The van der Waals surface area contributed by atoms with Gasteiger partial charge in [-0.2, -0.15) is 0 Å². The number of alkyl halides is 1. The predicted octanol–water partition coefficient (Wildman–Crippen LogP) is 4.48. The minimum absolute atomic E-state index is 0.142. The fourth-order valence-corrected chi connectivity index (χ4v) is 2.92. The van der Waals surface area contributed by atoms with Crippen molar-refractivity contribution in [2.24, 2.45) is 0 Å².